The maximum atomic E-state index is 13.2. The number of rotatable bonds is 9. The van der Waals surface area contributed by atoms with E-state index in [1.807, 2.05) is 56.3 Å². The van der Waals surface area contributed by atoms with E-state index in [4.69, 9.17) is 0 Å². The lowest BCUT2D eigenvalue weighted by Crippen LogP contribution is -2.50. The van der Waals surface area contributed by atoms with Crippen LogP contribution in [0.4, 0.5) is 0 Å². The monoisotopic (exact) mass is 424 g/mol. The average Bonchev–Trinajstić information content (AvgIpc) is 3.26. The zero-order valence-corrected chi connectivity index (χ0v) is 18.8. The molecule has 2 aromatic carbocycles. The lowest BCUT2D eigenvalue weighted by molar-refractivity contribution is -0.139. The number of nitrogens with zero attached hydrogens (tertiary/aromatic N) is 1. The molecule has 0 bridgehead atoms. The fraction of sp³-hybridized carbons (Fsp3) is 0.440. The van der Waals surface area contributed by atoms with E-state index in [1.165, 1.54) is 18.4 Å². The Hall–Kier alpha value is -2.27. The van der Waals surface area contributed by atoms with Gasteiger partial charge < -0.3 is 10.2 Å². The summed E-state index contributed by atoms with van der Waals surface area (Å²) in [6.45, 7) is 4.35. The Morgan fingerprint density at radius 1 is 1.07 bits per heavy atom. The Labute approximate surface area is 184 Å². The van der Waals surface area contributed by atoms with Gasteiger partial charge in [-0.15, -0.1) is 11.8 Å². The molecule has 2 aromatic rings. The van der Waals surface area contributed by atoms with Crippen LogP contribution >= 0.6 is 11.8 Å². The number of nitrogens with one attached hydrogen (secondary N) is 1. The van der Waals surface area contributed by atoms with Crippen LogP contribution in [0.2, 0.25) is 0 Å². The van der Waals surface area contributed by atoms with E-state index in [-0.39, 0.29) is 17.9 Å². The molecule has 2 amide bonds. The zero-order chi connectivity index (χ0) is 21.3. The summed E-state index contributed by atoms with van der Waals surface area (Å²) in [6, 6.07) is 18.0. The van der Waals surface area contributed by atoms with Crippen molar-refractivity contribution in [3.8, 4) is 0 Å². The second kappa shape index (κ2) is 11.2. The minimum Gasteiger partial charge on any atom is -0.352 e. The maximum absolute atomic E-state index is 13.2. The van der Waals surface area contributed by atoms with Crippen molar-refractivity contribution < 1.29 is 9.59 Å². The molecule has 5 heteroatoms. The zero-order valence-electron chi connectivity index (χ0n) is 18.0. The largest absolute Gasteiger partial charge is 0.352 e. The topological polar surface area (TPSA) is 49.4 Å². The van der Waals surface area contributed by atoms with Gasteiger partial charge in [0.2, 0.25) is 11.8 Å². The molecule has 1 saturated carbocycles. The van der Waals surface area contributed by atoms with Gasteiger partial charge in [-0.3, -0.25) is 9.59 Å². The van der Waals surface area contributed by atoms with Crippen molar-refractivity contribution in [1.29, 1.82) is 0 Å². The van der Waals surface area contributed by atoms with Gasteiger partial charge in [0.1, 0.15) is 6.04 Å². The molecular formula is C25H32N2O2S. The number of amides is 2. The Bertz CT molecular complexity index is 834. The molecule has 0 saturated heterocycles. The predicted molar refractivity (Wildman–Crippen MR) is 124 cm³/mol. The quantitative estimate of drug-likeness (QED) is 0.634. The molecule has 0 unspecified atom stereocenters. The molecule has 3 rings (SSSR count). The van der Waals surface area contributed by atoms with Crippen LogP contribution in [0.25, 0.3) is 0 Å². The molecular weight excluding hydrogens is 392 g/mol. The maximum Gasteiger partial charge on any atom is 0.242 e. The summed E-state index contributed by atoms with van der Waals surface area (Å²) in [7, 11) is 0. The summed E-state index contributed by atoms with van der Waals surface area (Å²) in [4.78, 5) is 27.8. The fourth-order valence-corrected chi connectivity index (χ4v) is 4.73. The van der Waals surface area contributed by atoms with Crippen LogP contribution in [-0.4, -0.2) is 34.6 Å². The van der Waals surface area contributed by atoms with Gasteiger partial charge in [0.05, 0.1) is 5.75 Å². The third-order valence-corrected chi connectivity index (χ3v) is 6.80. The summed E-state index contributed by atoms with van der Waals surface area (Å²) in [5.74, 6) is 1.11. The van der Waals surface area contributed by atoms with E-state index in [0.29, 0.717) is 12.3 Å². The molecule has 0 aliphatic heterocycles. The van der Waals surface area contributed by atoms with E-state index in [2.05, 4.69) is 17.4 Å². The van der Waals surface area contributed by atoms with E-state index >= 15 is 0 Å². The van der Waals surface area contributed by atoms with E-state index in [0.717, 1.165) is 29.7 Å². The summed E-state index contributed by atoms with van der Waals surface area (Å²) in [5.41, 5.74) is 3.42. The van der Waals surface area contributed by atoms with Gasteiger partial charge in [0.15, 0.2) is 0 Å². The van der Waals surface area contributed by atoms with Crippen LogP contribution in [0.1, 0.15) is 49.3 Å². The first kappa shape index (κ1) is 22.4. The molecule has 0 aromatic heterocycles. The molecule has 1 aliphatic rings. The van der Waals surface area contributed by atoms with E-state index in [9.17, 15) is 9.59 Å². The van der Waals surface area contributed by atoms with Crippen molar-refractivity contribution in [1.82, 2.24) is 10.2 Å². The summed E-state index contributed by atoms with van der Waals surface area (Å²) < 4.78 is 0. The van der Waals surface area contributed by atoms with Gasteiger partial charge in [-0.1, -0.05) is 67.4 Å². The molecule has 1 atom stereocenters. The Kier molecular flexibility index (Phi) is 8.38. The van der Waals surface area contributed by atoms with Crippen molar-refractivity contribution in [2.75, 3.05) is 5.75 Å². The average molecular weight is 425 g/mol. The molecule has 0 heterocycles. The number of thioether (sulfide) groups is 1. The Morgan fingerprint density at radius 2 is 1.73 bits per heavy atom. The Balaban J connectivity index is 1.66. The summed E-state index contributed by atoms with van der Waals surface area (Å²) in [5, 5.41) is 3.16. The van der Waals surface area contributed by atoms with Gasteiger partial charge >= 0.3 is 0 Å². The van der Waals surface area contributed by atoms with Crippen molar-refractivity contribution in [2.24, 2.45) is 0 Å². The van der Waals surface area contributed by atoms with Crippen molar-refractivity contribution >= 4 is 23.6 Å². The third kappa shape index (κ3) is 6.36. The standard InChI is InChI=1S/C25H32N2O2S/c1-19-10-6-7-13-22(19)16-27(20(2)25(29)26-23-14-8-9-15-23)24(28)18-30-17-21-11-4-3-5-12-21/h3-7,10-13,20,23H,8-9,14-18H2,1-2H3,(H,26,29)/t20-/m0/s1. The molecule has 0 spiro atoms. The van der Waals surface area contributed by atoms with Crippen LogP contribution in [0.5, 0.6) is 0 Å². The van der Waals surface area contributed by atoms with Crippen LogP contribution in [0.15, 0.2) is 54.6 Å². The lowest BCUT2D eigenvalue weighted by Gasteiger charge is -2.30. The van der Waals surface area contributed by atoms with E-state index in [1.54, 1.807) is 16.7 Å². The molecule has 0 radical (unpaired) electrons. The number of hydrogen-bond donors (Lipinski definition) is 1. The van der Waals surface area contributed by atoms with Gasteiger partial charge in [-0.25, -0.2) is 0 Å². The number of benzene rings is 2. The van der Waals surface area contributed by atoms with E-state index < -0.39 is 6.04 Å². The number of carbonyl (C=O) groups excluding carboxylic acids is 2. The fourth-order valence-electron chi connectivity index (χ4n) is 3.86. The van der Waals surface area contributed by atoms with Crippen molar-refractivity contribution in [3.05, 3.63) is 71.3 Å². The first-order valence-corrected chi connectivity index (χ1v) is 12.0. The SMILES string of the molecule is Cc1ccccc1CN(C(=O)CSCc1ccccc1)[C@@H](C)C(=O)NC1CCCC1. The minimum absolute atomic E-state index is 0.00764. The highest BCUT2D eigenvalue weighted by atomic mass is 32.2. The van der Waals surface area contributed by atoms with Crippen LogP contribution < -0.4 is 5.32 Å². The normalized spacial score (nSPS) is 15.0. The number of aryl methyl sites for hydroxylation is 1. The molecule has 1 N–H and O–H groups in total. The van der Waals surface area contributed by atoms with Crippen LogP contribution in [0, 0.1) is 6.92 Å². The van der Waals surface area contributed by atoms with Gasteiger partial charge in [-0.2, -0.15) is 0 Å². The molecule has 160 valence electrons. The summed E-state index contributed by atoms with van der Waals surface area (Å²) >= 11 is 1.60. The minimum atomic E-state index is -0.491. The first-order chi connectivity index (χ1) is 14.5. The molecule has 30 heavy (non-hydrogen) atoms. The summed E-state index contributed by atoms with van der Waals surface area (Å²) in [6.07, 6.45) is 4.41. The highest BCUT2D eigenvalue weighted by Crippen LogP contribution is 2.20. The van der Waals surface area contributed by atoms with Gasteiger partial charge in [0.25, 0.3) is 0 Å². The highest BCUT2D eigenvalue weighted by molar-refractivity contribution is 7.99. The third-order valence-electron chi connectivity index (χ3n) is 5.81. The van der Waals surface area contributed by atoms with Gasteiger partial charge in [0, 0.05) is 18.3 Å². The second-order valence-electron chi connectivity index (χ2n) is 8.09. The molecule has 4 nitrogen and oxygen atoms in total. The smallest absolute Gasteiger partial charge is 0.242 e. The molecule has 1 fully saturated rings. The highest BCUT2D eigenvalue weighted by Gasteiger charge is 2.28. The van der Waals surface area contributed by atoms with Gasteiger partial charge in [-0.05, 0) is 43.4 Å². The number of hydrogen-bond acceptors (Lipinski definition) is 3. The predicted octanol–water partition coefficient (Wildman–Crippen LogP) is 4.70. The van der Waals surface area contributed by atoms with Crippen LogP contribution in [-0.2, 0) is 21.9 Å². The first-order valence-electron chi connectivity index (χ1n) is 10.8. The number of carbonyl (C=O) groups is 2. The van der Waals surface area contributed by atoms with Crippen molar-refractivity contribution in [3.63, 3.8) is 0 Å². The lowest BCUT2D eigenvalue weighted by atomic mass is 10.1. The van der Waals surface area contributed by atoms with Crippen molar-refractivity contribution in [2.45, 2.75) is 63.9 Å². The van der Waals surface area contributed by atoms with Crippen LogP contribution in [0.3, 0.4) is 0 Å². The second-order valence-corrected chi connectivity index (χ2v) is 9.08. The Morgan fingerprint density at radius 3 is 2.43 bits per heavy atom. The molecule has 1 aliphatic carbocycles.